The molecule has 1 N–H and O–H groups in total. The van der Waals surface area contributed by atoms with Crippen LogP contribution >= 0.6 is 34.8 Å². The summed E-state index contributed by atoms with van der Waals surface area (Å²) >= 11 is 18.3. The summed E-state index contributed by atoms with van der Waals surface area (Å²) in [6, 6.07) is 10.1. The van der Waals surface area contributed by atoms with Crippen LogP contribution in [0.5, 0.6) is 0 Å². The Kier molecular flexibility index (Phi) is 9.27. The molecular weight excluding hydrogens is 521 g/mol. The van der Waals surface area contributed by atoms with Gasteiger partial charge in [0.1, 0.15) is 12.6 Å². The summed E-state index contributed by atoms with van der Waals surface area (Å²) in [4.78, 5) is 27.7. The molecule has 0 unspecified atom stereocenters. The molecule has 0 saturated carbocycles. The molecule has 0 heterocycles. The third-order valence-electron chi connectivity index (χ3n) is 4.80. The highest BCUT2D eigenvalue weighted by Crippen LogP contribution is 2.25. The van der Waals surface area contributed by atoms with Crippen molar-refractivity contribution in [2.75, 3.05) is 17.1 Å². The van der Waals surface area contributed by atoms with Gasteiger partial charge in [0, 0.05) is 27.2 Å². The van der Waals surface area contributed by atoms with Crippen LogP contribution < -0.4 is 9.62 Å². The zero-order valence-electron chi connectivity index (χ0n) is 19.6. The Balaban J connectivity index is 2.44. The SMILES string of the molecule is C[C@@H](C(=O)NC(C)(C)C)N(Cc1ccc(Cl)cc1Cl)C(=O)CN(c1cccc(Cl)c1)S(C)(=O)=O. The first-order chi connectivity index (χ1) is 15.6. The van der Waals surface area contributed by atoms with Crippen molar-refractivity contribution in [3.63, 3.8) is 0 Å². The van der Waals surface area contributed by atoms with Crippen molar-refractivity contribution in [1.82, 2.24) is 10.2 Å². The van der Waals surface area contributed by atoms with Gasteiger partial charge in [-0.25, -0.2) is 8.42 Å². The Morgan fingerprint density at radius 1 is 1.03 bits per heavy atom. The van der Waals surface area contributed by atoms with E-state index in [1.807, 2.05) is 20.8 Å². The zero-order valence-corrected chi connectivity index (χ0v) is 22.7. The van der Waals surface area contributed by atoms with Gasteiger partial charge >= 0.3 is 0 Å². The Labute approximate surface area is 216 Å². The molecule has 0 aliphatic heterocycles. The van der Waals surface area contributed by atoms with Crippen LogP contribution in [0.25, 0.3) is 0 Å². The number of nitrogens with one attached hydrogen (secondary N) is 1. The van der Waals surface area contributed by atoms with Crippen molar-refractivity contribution in [3.05, 3.63) is 63.1 Å². The lowest BCUT2D eigenvalue weighted by Crippen LogP contribution is -2.54. The van der Waals surface area contributed by atoms with Crippen LogP contribution in [0.1, 0.15) is 33.3 Å². The third kappa shape index (κ3) is 8.05. The van der Waals surface area contributed by atoms with Crippen molar-refractivity contribution >= 4 is 62.3 Å². The molecule has 2 aromatic rings. The number of halogens is 3. The summed E-state index contributed by atoms with van der Waals surface area (Å²) in [5.74, 6) is -0.979. The van der Waals surface area contributed by atoms with E-state index in [0.717, 1.165) is 10.6 Å². The maximum atomic E-state index is 13.5. The smallest absolute Gasteiger partial charge is 0.244 e. The van der Waals surface area contributed by atoms with E-state index < -0.39 is 34.1 Å². The highest BCUT2D eigenvalue weighted by molar-refractivity contribution is 7.92. The van der Waals surface area contributed by atoms with Gasteiger partial charge in [0.05, 0.1) is 11.9 Å². The third-order valence-corrected chi connectivity index (χ3v) is 6.76. The van der Waals surface area contributed by atoms with Crippen LogP contribution in [-0.2, 0) is 26.2 Å². The number of carbonyl (C=O) groups excluding carboxylic acids is 2. The molecule has 0 aliphatic carbocycles. The van der Waals surface area contributed by atoms with Gasteiger partial charge in [-0.1, -0.05) is 46.9 Å². The average Bonchev–Trinajstić information content (AvgIpc) is 2.68. The average molecular weight is 549 g/mol. The molecule has 7 nitrogen and oxygen atoms in total. The highest BCUT2D eigenvalue weighted by atomic mass is 35.5. The number of hydrogen-bond donors (Lipinski definition) is 1. The van der Waals surface area contributed by atoms with Gasteiger partial charge in [0.15, 0.2) is 0 Å². The lowest BCUT2D eigenvalue weighted by molar-refractivity contribution is -0.140. The van der Waals surface area contributed by atoms with Gasteiger partial charge in [-0.05, 0) is 63.6 Å². The number of rotatable bonds is 8. The molecule has 0 aliphatic rings. The molecule has 0 spiro atoms. The zero-order chi connectivity index (χ0) is 25.8. The molecule has 0 radical (unpaired) electrons. The second-order valence-corrected chi connectivity index (χ2v) is 12.1. The molecule has 0 aromatic heterocycles. The highest BCUT2D eigenvalue weighted by Gasteiger charge is 2.31. The normalized spacial score (nSPS) is 12.7. The second kappa shape index (κ2) is 11.2. The van der Waals surface area contributed by atoms with Gasteiger partial charge in [-0.2, -0.15) is 0 Å². The molecule has 11 heteroatoms. The standard InChI is InChI=1S/C23H28Cl3N3O4S/c1-15(22(31)27-23(2,3)4)28(13-16-9-10-18(25)12-20(16)26)21(30)14-29(34(5,32)33)19-8-6-7-17(24)11-19/h6-12,15H,13-14H2,1-5H3,(H,27,31)/t15-/m0/s1. The Bertz CT molecular complexity index is 1170. The molecular formula is C23H28Cl3N3O4S. The molecule has 0 fully saturated rings. The Hall–Kier alpha value is -2.00. The van der Waals surface area contributed by atoms with Crippen molar-refractivity contribution in [3.8, 4) is 0 Å². The first-order valence-electron chi connectivity index (χ1n) is 10.4. The van der Waals surface area contributed by atoms with Crippen LogP contribution in [0, 0.1) is 0 Å². The van der Waals surface area contributed by atoms with Crippen molar-refractivity contribution in [1.29, 1.82) is 0 Å². The number of hydrogen-bond acceptors (Lipinski definition) is 4. The van der Waals surface area contributed by atoms with Crippen molar-refractivity contribution in [2.24, 2.45) is 0 Å². The fourth-order valence-electron chi connectivity index (χ4n) is 3.14. The van der Waals surface area contributed by atoms with Crippen LogP contribution in [-0.4, -0.2) is 49.5 Å². The predicted octanol–water partition coefficient (Wildman–Crippen LogP) is 4.74. The largest absolute Gasteiger partial charge is 0.350 e. The molecule has 2 rings (SSSR count). The van der Waals surface area contributed by atoms with E-state index in [1.54, 1.807) is 31.2 Å². The molecule has 2 amide bonds. The van der Waals surface area contributed by atoms with Gasteiger partial charge in [0.2, 0.25) is 21.8 Å². The lowest BCUT2D eigenvalue weighted by atomic mass is 10.1. The summed E-state index contributed by atoms with van der Waals surface area (Å²) in [6.07, 6.45) is 0.997. The van der Waals surface area contributed by atoms with E-state index in [0.29, 0.717) is 20.6 Å². The van der Waals surface area contributed by atoms with Gasteiger partial charge in [-0.15, -0.1) is 0 Å². The van der Waals surface area contributed by atoms with E-state index in [1.165, 1.54) is 23.1 Å². The summed E-state index contributed by atoms with van der Waals surface area (Å²) < 4.78 is 26.0. The Morgan fingerprint density at radius 2 is 1.65 bits per heavy atom. The summed E-state index contributed by atoms with van der Waals surface area (Å²) in [5.41, 5.74) is 0.264. The molecule has 2 aromatic carbocycles. The van der Waals surface area contributed by atoms with Gasteiger partial charge in [0.25, 0.3) is 0 Å². The van der Waals surface area contributed by atoms with Crippen LogP contribution in [0.2, 0.25) is 15.1 Å². The Morgan fingerprint density at radius 3 is 2.18 bits per heavy atom. The lowest BCUT2D eigenvalue weighted by Gasteiger charge is -2.33. The minimum absolute atomic E-state index is 0.0271. The topological polar surface area (TPSA) is 86.8 Å². The molecule has 34 heavy (non-hydrogen) atoms. The maximum absolute atomic E-state index is 13.5. The van der Waals surface area contributed by atoms with Crippen molar-refractivity contribution in [2.45, 2.75) is 45.8 Å². The van der Waals surface area contributed by atoms with Crippen molar-refractivity contribution < 1.29 is 18.0 Å². The van der Waals surface area contributed by atoms with Crippen LogP contribution in [0.3, 0.4) is 0 Å². The molecule has 0 saturated heterocycles. The van der Waals surface area contributed by atoms with E-state index in [4.69, 9.17) is 34.8 Å². The number of sulfonamides is 1. The van der Waals surface area contributed by atoms with Gasteiger partial charge in [-0.3, -0.25) is 13.9 Å². The summed E-state index contributed by atoms with van der Waals surface area (Å²) in [6.45, 7) is 6.49. The van der Waals surface area contributed by atoms with E-state index in [9.17, 15) is 18.0 Å². The monoisotopic (exact) mass is 547 g/mol. The fourth-order valence-corrected chi connectivity index (χ4v) is 4.63. The molecule has 186 valence electrons. The fraction of sp³-hybridized carbons (Fsp3) is 0.391. The minimum atomic E-state index is -3.84. The maximum Gasteiger partial charge on any atom is 0.244 e. The van der Waals surface area contributed by atoms with E-state index >= 15 is 0 Å². The van der Waals surface area contributed by atoms with Crippen LogP contribution in [0.15, 0.2) is 42.5 Å². The van der Waals surface area contributed by atoms with Crippen LogP contribution in [0.4, 0.5) is 5.69 Å². The number of anilines is 1. The van der Waals surface area contributed by atoms with Gasteiger partial charge < -0.3 is 10.2 Å². The van der Waals surface area contributed by atoms with E-state index in [-0.39, 0.29) is 18.1 Å². The molecule has 1 atom stereocenters. The number of carbonyl (C=O) groups is 2. The summed E-state index contributed by atoms with van der Waals surface area (Å²) in [7, 11) is -3.84. The summed E-state index contributed by atoms with van der Waals surface area (Å²) in [5, 5.41) is 3.92. The van der Waals surface area contributed by atoms with E-state index in [2.05, 4.69) is 5.32 Å². The number of amides is 2. The first kappa shape index (κ1) is 28.2. The molecule has 0 bridgehead atoms. The first-order valence-corrected chi connectivity index (χ1v) is 13.4. The quantitative estimate of drug-likeness (QED) is 0.516. The number of nitrogens with zero attached hydrogens (tertiary/aromatic N) is 2. The predicted molar refractivity (Wildman–Crippen MR) is 138 cm³/mol. The number of benzene rings is 2. The minimum Gasteiger partial charge on any atom is -0.350 e. The second-order valence-electron chi connectivity index (χ2n) is 8.92.